The van der Waals surface area contributed by atoms with Crippen LogP contribution in [0.3, 0.4) is 0 Å². The summed E-state index contributed by atoms with van der Waals surface area (Å²) < 4.78 is 46.6. The Morgan fingerprint density at radius 3 is 2.68 bits per heavy atom. The lowest BCUT2D eigenvalue weighted by atomic mass is 10.1. The molecule has 1 saturated heterocycles. The summed E-state index contributed by atoms with van der Waals surface area (Å²) in [7, 11) is 1.43. The Kier molecular flexibility index (Phi) is 6.42. The molecule has 37 heavy (non-hydrogen) atoms. The molecule has 4 N–H and O–H groups in total. The third-order valence-corrected chi connectivity index (χ3v) is 6.35. The van der Waals surface area contributed by atoms with Crippen LogP contribution >= 0.6 is 0 Å². The zero-order chi connectivity index (χ0) is 26.2. The van der Waals surface area contributed by atoms with Crippen molar-refractivity contribution < 1.29 is 22.7 Å². The van der Waals surface area contributed by atoms with Gasteiger partial charge in [-0.05, 0) is 56.3 Å². The van der Waals surface area contributed by atoms with E-state index in [4.69, 9.17) is 15.6 Å². The predicted molar refractivity (Wildman–Crippen MR) is 132 cm³/mol. The van der Waals surface area contributed by atoms with Crippen molar-refractivity contribution in [3.05, 3.63) is 59.9 Å². The fraction of sp³-hybridized carbons (Fsp3) is 0.280. The topological polar surface area (TPSA) is 120 Å². The van der Waals surface area contributed by atoms with Crippen LogP contribution in [0.2, 0.25) is 0 Å². The van der Waals surface area contributed by atoms with Crippen LogP contribution in [0.4, 0.5) is 24.7 Å². The number of nitrogen functional groups attached to an aromatic ring is 1. The molecule has 12 heteroatoms. The van der Waals surface area contributed by atoms with Crippen molar-refractivity contribution in [2.75, 3.05) is 31.2 Å². The summed E-state index contributed by atoms with van der Waals surface area (Å²) in [6.45, 7) is 1.74. The van der Waals surface area contributed by atoms with Gasteiger partial charge in [-0.1, -0.05) is 12.1 Å². The number of nitrogens with two attached hydrogens (primary N) is 1. The number of alkyl halides is 3. The molecule has 9 nitrogen and oxygen atoms in total. The highest BCUT2D eigenvalue weighted by Crippen LogP contribution is 2.37. The van der Waals surface area contributed by atoms with Crippen LogP contribution in [0.1, 0.15) is 34.8 Å². The number of methoxy groups -OCH3 is 1. The number of carbonyl (C=O) groups excluding carboxylic acids is 1. The van der Waals surface area contributed by atoms with Crippen LogP contribution in [0, 0.1) is 0 Å². The van der Waals surface area contributed by atoms with Crippen LogP contribution in [-0.2, 0) is 6.18 Å². The maximum Gasteiger partial charge on any atom is 0.416 e. The summed E-state index contributed by atoms with van der Waals surface area (Å²) in [5.41, 5.74) is 7.35. The fourth-order valence-corrected chi connectivity index (χ4v) is 4.48. The van der Waals surface area contributed by atoms with E-state index >= 15 is 0 Å². The third kappa shape index (κ3) is 4.79. The van der Waals surface area contributed by atoms with Crippen molar-refractivity contribution >= 4 is 28.4 Å². The molecule has 0 saturated carbocycles. The van der Waals surface area contributed by atoms with E-state index < -0.39 is 17.6 Å². The second-order valence-corrected chi connectivity index (χ2v) is 8.68. The molecular weight excluding hydrogens is 487 g/mol. The first kappa shape index (κ1) is 24.5. The molecule has 3 heterocycles. The number of ether oxygens (including phenoxy) is 1. The number of rotatable bonds is 5. The van der Waals surface area contributed by atoms with E-state index in [2.05, 4.69) is 20.6 Å². The molecule has 0 unspecified atom stereocenters. The molecule has 2 aromatic heterocycles. The van der Waals surface area contributed by atoms with Gasteiger partial charge < -0.3 is 21.1 Å². The fourth-order valence-electron chi connectivity index (χ4n) is 4.48. The average molecular weight is 512 g/mol. The van der Waals surface area contributed by atoms with E-state index in [1.807, 2.05) is 4.68 Å². The molecule has 2 aromatic carbocycles. The lowest BCUT2D eigenvalue weighted by Crippen LogP contribution is -2.30. The van der Waals surface area contributed by atoms with Crippen molar-refractivity contribution in [1.29, 1.82) is 0 Å². The first-order valence-corrected chi connectivity index (χ1v) is 11.6. The van der Waals surface area contributed by atoms with Crippen LogP contribution in [0.25, 0.3) is 22.3 Å². The van der Waals surface area contributed by atoms with Gasteiger partial charge in [0.2, 0.25) is 0 Å². The molecule has 1 fully saturated rings. The first-order chi connectivity index (χ1) is 17.8. The van der Waals surface area contributed by atoms with Crippen LogP contribution in [-0.4, -0.2) is 45.9 Å². The van der Waals surface area contributed by atoms with E-state index in [9.17, 15) is 18.0 Å². The number of nitrogens with zero attached hydrogens (tertiary/aromatic N) is 4. The minimum absolute atomic E-state index is 0.127. The average Bonchev–Trinajstić information content (AvgIpc) is 3.30. The van der Waals surface area contributed by atoms with Gasteiger partial charge in [0.1, 0.15) is 23.6 Å². The number of fused-ring (bicyclic) bond motifs is 1. The summed E-state index contributed by atoms with van der Waals surface area (Å²) >= 11 is 0. The monoisotopic (exact) mass is 511 g/mol. The Labute approximate surface area is 209 Å². The van der Waals surface area contributed by atoms with Gasteiger partial charge in [-0.15, -0.1) is 0 Å². The van der Waals surface area contributed by atoms with Gasteiger partial charge in [0.05, 0.1) is 29.8 Å². The molecule has 1 aliphatic rings. The quantitative estimate of drug-likeness (QED) is 0.366. The summed E-state index contributed by atoms with van der Waals surface area (Å²) in [5.74, 6) is -0.102. The van der Waals surface area contributed by atoms with E-state index in [0.29, 0.717) is 39.5 Å². The lowest BCUT2D eigenvalue weighted by Gasteiger charge is -2.23. The Morgan fingerprint density at radius 1 is 1.16 bits per heavy atom. The second kappa shape index (κ2) is 9.69. The minimum atomic E-state index is -4.55. The molecule has 0 spiro atoms. The number of piperidine rings is 1. The molecule has 4 aromatic rings. The third-order valence-electron chi connectivity index (χ3n) is 6.35. The van der Waals surface area contributed by atoms with E-state index in [1.54, 1.807) is 18.2 Å². The number of hydrogen-bond acceptors (Lipinski definition) is 7. The smallest absolute Gasteiger partial charge is 0.416 e. The highest BCUT2D eigenvalue weighted by Gasteiger charge is 2.31. The van der Waals surface area contributed by atoms with Crippen molar-refractivity contribution in [3.8, 4) is 17.0 Å². The van der Waals surface area contributed by atoms with E-state index in [-0.39, 0.29) is 11.6 Å². The SMILES string of the molecule is COc1cc(-c2nn(C3CCNCC3)c3ncnc(N)c23)ccc1NC(=O)c1cccc(C(F)(F)F)c1. The Bertz CT molecular complexity index is 1460. The predicted octanol–water partition coefficient (Wildman–Crippen LogP) is 4.28. The highest BCUT2D eigenvalue weighted by molar-refractivity contribution is 6.05. The number of amides is 1. The number of aromatic nitrogens is 4. The normalized spacial score (nSPS) is 14.6. The Balaban J connectivity index is 1.49. The number of halogens is 3. The second-order valence-electron chi connectivity index (χ2n) is 8.68. The Hall–Kier alpha value is -4.19. The Morgan fingerprint density at radius 2 is 1.95 bits per heavy atom. The van der Waals surface area contributed by atoms with Crippen LogP contribution < -0.4 is 21.1 Å². The van der Waals surface area contributed by atoms with Gasteiger partial charge >= 0.3 is 6.18 Å². The van der Waals surface area contributed by atoms with Gasteiger partial charge in [0.25, 0.3) is 5.91 Å². The lowest BCUT2D eigenvalue weighted by molar-refractivity contribution is -0.137. The number of nitrogens with one attached hydrogen (secondary N) is 2. The van der Waals surface area contributed by atoms with Crippen LogP contribution in [0.15, 0.2) is 48.8 Å². The van der Waals surface area contributed by atoms with Crippen molar-refractivity contribution in [3.63, 3.8) is 0 Å². The summed E-state index contributed by atoms with van der Waals surface area (Å²) in [4.78, 5) is 21.3. The summed E-state index contributed by atoms with van der Waals surface area (Å²) in [6, 6.07) is 9.39. The van der Waals surface area contributed by atoms with Gasteiger partial charge in [-0.2, -0.15) is 18.3 Å². The summed E-state index contributed by atoms with van der Waals surface area (Å²) in [5, 5.41) is 11.4. The zero-order valence-corrected chi connectivity index (χ0v) is 19.8. The number of carbonyl (C=O) groups is 1. The van der Waals surface area contributed by atoms with Crippen molar-refractivity contribution in [2.45, 2.75) is 25.1 Å². The zero-order valence-electron chi connectivity index (χ0n) is 19.8. The molecule has 1 amide bonds. The minimum Gasteiger partial charge on any atom is -0.495 e. The van der Waals surface area contributed by atoms with Crippen molar-refractivity contribution in [1.82, 2.24) is 25.1 Å². The molecule has 192 valence electrons. The molecule has 0 bridgehead atoms. The summed E-state index contributed by atoms with van der Waals surface area (Å²) in [6.07, 6.45) is -1.36. The highest BCUT2D eigenvalue weighted by atomic mass is 19.4. The largest absolute Gasteiger partial charge is 0.495 e. The van der Waals surface area contributed by atoms with E-state index in [1.165, 1.54) is 25.6 Å². The van der Waals surface area contributed by atoms with Gasteiger partial charge in [-0.25, -0.2) is 14.6 Å². The number of anilines is 2. The number of hydrogen-bond donors (Lipinski definition) is 3. The molecule has 5 rings (SSSR count). The molecule has 0 aliphatic carbocycles. The molecule has 0 atom stereocenters. The van der Waals surface area contributed by atoms with Crippen molar-refractivity contribution in [2.24, 2.45) is 0 Å². The number of benzene rings is 2. The maximum absolute atomic E-state index is 13.1. The maximum atomic E-state index is 13.1. The van der Waals surface area contributed by atoms with Crippen LogP contribution in [0.5, 0.6) is 5.75 Å². The molecule has 1 aliphatic heterocycles. The molecule has 0 radical (unpaired) electrons. The van der Waals surface area contributed by atoms with Gasteiger partial charge in [0, 0.05) is 11.1 Å². The van der Waals surface area contributed by atoms with Gasteiger partial charge in [-0.3, -0.25) is 4.79 Å². The van der Waals surface area contributed by atoms with Gasteiger partial charge in [0.15, 0.2) is 5.65 Å². The molecular formula is C25H24F3N7O2. The first-order valence-electron chi connectivity index (χ1n) is 11.6. The van der Waals surface area contributed by atoms with E-state index in [0.717, 1.165) is 38.1 Å². The standard InChI is InChI=1S/C25H24F3N7O2/c1-37-19-12-14(5-6-18(19)33-24(36)15-3-2-4-16(11-15)25(26,27)28)21-20-22(29)31-13-32-23(20)35(34-21)17-7-9-30-10-8-17/h2-6,11-13,17,30H,7-10H2,1H3,(H,33,36)(H2,29,31,32).